The van der Waals surface area contributed by atoms with Gasteiger partial charge in [0.25, 0.3) is 0 Å². The van der Waals surface area contributed by atoms with E-state index in [1.165, 1.54) is 0 Å². The molecule has 0 aliphatic carbocycles. The van der Waals surface area contributed by atoms with Gasteiger partial charge >= 0.3 is 7.60 Å². The summed E-state index contributed by atoms with van der Waals surface area (Å²) in [5.41, 5.74) is 0. The zero-order chi connectivity index (χ0) is 9.78. The molecule has 0 radical (unpaired) electrons. The van der Waals surface area contributed by atoms with E-state index in [-0.39, 0.29) is 0 Å². The molecule has 6 nitrogen and oxygen atoms in total. The van der Waals surface area contributed by atoms with Crippen LogP contribution in [0.3, 0.4) is 0 Å². The van der Waals surface area contributed by atoms with Crippen molar-refractivity contribution in [3.63, 3.8) is 0 Å². The molecule has 0 aromatic carbocycles. The van der Waals surface area contributed by atoms with Crippen molar-refractivity contribution in [1.82, 2.24) is 0 Å². The predicted molar refractivity (Wildman–Crippen MR) is 39.6 cm³/mol. The number of aliphatic hydroxyl groups is 2. The van der Waals surface area contributed by atoms with Gasteiger partial charge in [-0.3, -0.25) is 9.36 Å². The Morgan fingerprint density at radius 3 is 2.25 bits per heavy atom. The number of aliphatic hydroxyl groups excluding tert-OH is 2. The van der Waals surface area contributed by atoms with Crippen LogP contribution in [0.4, 0.5) is 0 Å². The molecule has 0 rings (SSSR count). The average Bonchev–Trinajstić information content (AvgIpc) is 1.97. The normalized spacial score (nSPS) is 14.3. The SMILES string of the molecule is O=C(CCP(=O)(O)O)[C@H](O)CO. The first-order chi connectivity index (χ1) is 5.37. The summed E-state index contributed by atoms with van der Waals surface area (Å²) in [5, 5.41) is 16.9. The Labute approximate surface area is 69.0 Å². The maximum absolute atomic E-state index is 10.7. The Kier molecular flexibility index (Phi) is 4.59. The summed E-state index contributed by atoms with van der Waals surface area (Å²) < 4.78 is 10.2. The molecule has 4 N–H and O–H groups in total. The molecule has 0 heterocycles. The number of rotatable bonds is 5. The molecule has 0 bridgehead atoms. The van der Waals surface area contributed by atoms with Gasteiger partial charge in [-0.15, -0.1) is 0 Å². The van der Waals surface area contributed by atoms with Crippen LogP contribution in [-0.2, 0) is 9.36 Å². The van der Waals surface area contributed by atoms with Crippen molar-refractivity contribution >= 4 is 13.4 Å². The van der Waals surface area contributed by atoms with Crippen molar-refractivity contribution in [3.8, 4) is 0 Å². The summed E-state index contributed by atoms with van der Waals surface area (Å²) in [7, 11) is -4.18. The van der Waals surface area contributed by atoms with E-state index in [1.54, 1.807) is 0 Å². The van der Waals surface area contributed by atoms with Gasteiger partial charge in [-0.05, 0) is 0 Å². The van der Waals surface area contributed by atoms with Crippen LogP contribution in [0.25, 0.3) is 0 Å². The van der Waals surface area contributed by atoms with Crippen molar-refractivity contribution in [1.29, 1.82) is 0 Å². The molecule has 0 spiro atoms. The van der Waals surface area contributed by atoms with Crippen LogP contribution in [0.1, 0.15) is 6.42 Å². The minimum atomic E-state index is -4.18. The fourth-order valence-corrected chi connectivity index (χ4v) is 1.04. The van der Waals surface area contributed by atoms with Crippen LogP contribution < -0.4 is 0 Å². The molecule has 1 atom stereocenters. The summed E-state index contributed by atoms with van der Waals surface area (Å²) in [4.78, 5) is 27.3. The van der Waals surface area contributed by atoms with E-state index in [0.29, 0.717) is 0 Å². The maximum atomic E-state index is 10.7. The van der Waals surface area contributed by atoms with Crippen LogP contribution in [0, 0.1) is 0 Å². The van der Waals surface area contributed by atoms with Crippen molar-refractivity contribution in [2.75, 3.05) is 12.8 Å². The van der Waals surface area contributed by atoms with Gasteiger partial charge in [-0.2, -0.15) is 0 Å². The minimum Gasteiger partial charge on any atom is -0.393 e. The Balaban J connectivity index is 3.80. The average molecular weight is 198 g/mol. The number of carbonyl (C=O) groups excluding carboxylic acids is 1. The summed E-state index contributed by atoms with van der Waals surface area (Å²) in [5.74, 6) is -0.763. The maximum Gasteiger partial charge on any atom is 0.326 e. The van der Waals surface area contributed by atoms with Crippen LogP contribution in [0.2, 0.25) is 0 Å². The van der Waals surface area contributed by atoms with E-state index in [9.17, 15) is 9.36 Å². The lowest BCUT2D eigenvalue weighted by atomic mass is 10.2. The Hall–Kier alpha value is -0.260. The van der Waals surface area contributed by atoms with E-state index >= 15 is 0 Å². The summed E-state index contributed by atoms with van der Waals surface area (Å²) in [6.45, 7) is -0.722. The third kappa shape index (κ3) is 5.40. The summed E-state index contributed by atoms with van der Waals surface area (Å²) >= 11 is 0. The van der Waals surface area contributed by atoms with E-state index in [1.807, 2.05) is 0 Å². The first kappa shape index (κ1) is 11.7. The van der Waals surface area contributed by atoms with Crippen LogP contribution >= 0.6 is 7.60 Å². The van der Waals surface area contributed by atoms with Crippen molar-refractivity contribution < 1.29 is 29.4 Å². The fourth-order valence-electron chi connectivity index (χ4n) is 0.524. The van der Waals surface area contributed by atoms with Crippen LogP contribution in [0.5, 0.6) is 0 Å². The third-order valence-electron chi connectivity index (χ3n) is 1.19. The highest BCUT2D eigenvalue weighted by Gasteiger charge is 2.19. The Morgan fingerprint density at radius 2 is 1.92 bits per heavy atom. The van der Waals surface area contributed by atoms with Gasteiger partial charge in [0.2, 0.25) is 0 Å². The second kappa shape index (κ2) is 4.69. The first-order valence-corrected chi connectivity index (χ1v) is 5.03. The molecule has 0 aromatic heterocycles. The molecule has 72 valence electrons. The minimum absolute atomic E-state index is 0.425. The molecule has 0 amide bonds. The smallest absolute Gasteiger partial charge is 0.326 e. The van der Waals surface area contributed by atoms with Crippen molar-refractivity contribution in [3.05, 3.63) is 0 Å². The summed E-state index contributed by atoms with van der Waals surface area (Å²) in [6, 6.07) is 0. The van der Waals surface area contributed by atoms with Gasteiger partial charge in [-0.1, -0.05) is 0 Å². The molecule has 12 heavy (non-hydrogen) atoms. The van der Waals surface area contributed by atoms with Gasteiger partial charge in [0, 0.05) is 6.42 Å². The van der Waals surface area contributed by atoms with Crippen LogP contribution in [-0.4, -0.2) is 44.7 Å². The summed E-state index contributed by atoms with van der Waals surface area (Å²) in [6.07, 6.45) is -2.55. The lowest BCUT2D eigenvalue weighted by Gasteiger charge is -2.06. The molecule has 0 saturated carbocycles. The van der Waals surface area contributed by atoms with Gasteiger partial charge in [0.05, 0.1) is 12.8 Å². The largest absolute Gasteiger partial charge is 0.393 e. The monoisotopic (exact) mass is 198 g/mol. The lowest BCUT2D eigenvalue weighted by Crippen LogP contribution is -2.24. The first-order valence-electron chi connectivity index (χ1n) is 3.23. The molecule has 0 aliphatic rings. The van der Waals surface area contributed by atoms with E-state index < -0.39 is 38.7 Å². The van der Waals surface area contributed by atoms with Crippen molar-refractivity contribution in [2.45, 2.75) is 12.5 Å². The second-order valence-electron chi connectivity index (χ2n) is 2.30. The van der Waals surface area contributed by atoms with E-state index in [4.69, 9.17) is 20.0 Å². The second-order valence-corrected chi connectivity index (χ2v) is 4.08. The number of Topliss-reactive ketones (excluding diaryl/α,β-unsaturated/α-hetero) is 1. The zero-order valence-electron chi connectivity index (χ0n) is 6.25. The Morgan fingerprint density at radius 1 is 1.42 bits per heavy atom. The zero-order valence-corrected chi connectivity index (χ0v) is 7.15. The Bertz CT molecular complexity index is 196. The molecule has 0 fully saturated rings. The number of ketones is 1. The highest BCUT2D eigenvalue weighted by atomic mass is 31.2. The molecular formula is C5H11O6P. The highest BCUT2D eigenvalue weighted by Crippen LogP contribution is 2.34. The molecule has 0 aliphatic heterocycles. The third-order valence-corrected chi connectivity index (χ3v) is 2.00. The molecule has 7 heteroatoms. The topological polar surface area (TPSA) is 115 Å². The molecule has 0 saturated heterocycles. The van der Waals surface area contributed by atoms with Gasteiger partial charge < -0.3 is 20.0 Å². The predicted octanol–water partition coefficient (Wildman–Crippen LogP) is -1.52. The number of hydrogen-bond donors (Lipinski definition) is 4. The van der Waals surface area contributed by atoms with Gasteiger partial charge in [-0.25, -0.2) is 0 Å². The van der Waals surface area contributed by atoms with Gasteiger partial charge in [0.15, 0.2) is 5.78 Å². The van der Waals surface area contributed by atoms with E-state index in [2.05, 4.69) is 0 Å². The molecule has 0 aromatic rings. The van der Waals surface area contributed by atoms with Crippen LogP contribution in [0.15, 0.2) is 0 Å². The van der Waals surface area contributed by atoms with Gasteiger partial charge in [0.1, 0.15) is 6.10 Å². The number of carbonyl (C=O) groups is 1. The highest BCUT2D eigenvalue weighted by molar-refractivity contribution is 7.51. The quantitative estimate of drug-likeness (QED) is 0.398. The molecular weight excluding hydrogens is 187 g/mol. The lowest BCUT2D eigenvalue weighted by molar-refractivity contribution is -0.128. The standard InChI is InChI=1S/C5H11O6P/c6-3-5(8)4(7)1-2-12(9,10)11/h5-6,8H,1-3H2,(H2,9,10,11)/t5-/m1/s1. The van der Waals surface area contributed by atoms with Crippen molar-refractivity contribution in [2.24, 2.45) is 0 Å². The van der Waals surface area contributed by atoms with E-state index in [0.717, 1.165) is 0 Å². The molecule has 0 unspecified atom stereocenters. The number of hydrogen-bond acceptors (Lipinski definition) is 4. The fraction of sp³-hybridized carbons (Fsp3) is 0.800.